The molecule has 2 heterocycles. The van der Waals surface area contributed by atoms with Crippen molar-refractivity contribution < 1.29 is 0 Å². The van der Waals surface area contributed by atoms with Crippen LogP contribution in [0.1, 0.15) is 0 Å². The van der Waals surface area contributed by atoms with Crippen molar-refractivity contribution in [1.82, 2.24) is 9.97 Å². The maximum Gasteiger partial charge on any atom is 0.161 e. The first-order valence-electron chi connectivity index (χ1n) is 5.85. The van der Waals surface area contributed by atoms with Crippen molar-refractivity contribution in [2.24, 2.45) is 0 Å². The van der Waals surface area contributed by atoms with Gasteiger partial charge in [0.15, 0.2) is 5.65 Å². The zero-order chi connectivity index (χ0) is 12.4. The molecule has 3 aromatic rings. The Morgan fingerprint density at radius 1 is 0.889 bits per heavy atom. The number of hydrogen-bond donors (Lipinski definition) is 0. The first-order chi connectivity index (χ1) is 8.84. The van der Waals surface area contributed by atoms with Crippen LogP contribution in [0.4, 0.5) is 11.5 Å². The van der Waals surface area contributed by atoms with Crippen LogP contribution in [0.25, 0.3) is 11.0 Å². The molecule has 0 saturated heterocycles. The molecule has 0 radical (unpaired) electrons. The van der Waals surface area contributed by atoms with E-state index < -0.39 is 0 Å². The highest BCUT2D eigenvalue weighted by molar-refractivity contribution is 5.77. The van der Waals surface area contributed by atoms with Gasteiger partial charge in [0.25, 0.3) is 0 Å². The van der Waals surface area contributed by atoms with E-state index in [1.54, 1.807) is 6.20 Å². The van der Waals surface area contributed by atoms with Crippen molar-refractivity contribution >= 4 is 22.5 Å². The summed E-state index contributed by atoms with van der Waals surface area (Å²) < 4.78 is 0. The number of rotatable bonds is 2. The third-order valence-electron chi connectivity index (χ3n) is 2.94. The molecule has 2 aromatic heterocycles. The summed E-state index contributed by atoms with van der Waals surface area (Å²) in [6, 6.07) is 18.2. The SMILES string of the molecule is CN(c1ccccc1)c1ccc2cccnc2n1. The average Bonchev–Trinajstić information content (AvgIpc) is 2.47. The molecule has 0 unspecified atom stereocenters. The van der Waals surface area contributed by atoms with Gasteiger partial charge in [0.2, 0.25) is 0 Å². The fourth-order valence-corrected chi connectivity index (χ4v) is 1.91. The van der Waals surface area contributed by atoms with Gasteiger partial charge >= 0.3 is 0 Å². The number of aromatic nitrogens is 2. The summed E-state index contributed by atoms with van der Waals surface area (Å²) in [6.07, 6.45) is 1.77. The van der Waals surface area contributed by atoms with Crippen LogP contribution < -0.4 is 4.90 Å². The Balaban J connectivity index is 2.04. The number of nitrogens with zero attached hydrogens (tertiary/aromatic N) is 3. The van der Waals surface area contributed by atoms with Crippen LogP contribution in [0, 0.1) is 0 Å². The van der Waals surface area contributed by atoms with Crippen LogP contribution in [0.5, 0.6) is 0 Å². The Hall–Kier alpha value is -2.42. The van der Waals surface area contributed by atoms with Crippen molar-refractivity contribution in [1.29, 1.82) is 0 Å². The van der Waals surface area contributed by atoms with Gasteiger partial charge in [0, 0.05) is 24.3 Å². The molecule has 0 aliphatic rings. The smallest absolute Gasteiger partial charge is 0.161 e. The zero-order valence-corrected chi connectivity index (χ0v) is 10.1. The van der Waals surface area contributed by atoms with Gasteiger partial charge in [-0.2, -0.15) is 0 Å². The highest BCUT2D eigenvalue weighted by atomic mass is 15.2. The number of pyridine rings is 2. The molecule has 3 rings (SSSR count). The number of para-hydroxylation sites is 1. The van der Waals surface area contributed by atoms with Gasteiger partial charge in [-0.25, -0.2) is 9.97 Å². The molecule has 0 amide bonds. The Morgan fingerprint density at radius 2 is 1.72 bits per heavy atom. The maximum absolute atomic E-state index is 4.57. The van der Waals surface area contributed by atoms with E-state index in [0.717, 1.165) is 22.5 Å². The molecule has 0 N–H and O–H groups in total. The Kier molecular flexibility index (Phi) is 2.65. The maximum atomic E-state index is 4.57. The summed E-state index contributed by atoms with van der Waals surface area (Å²) >= 11 is 0. The second-order valence-corrected chi connectivity index (χ2v) is 4.11. The van der Waals surface area contributed by atoms with E-state index >= 15 is 0 Å². The fraction of sp³-hybridized carbons (Fsp3) is 0.0667. The summed E-state index contributed by atoms with van der Waals surface area (Å²) in [5.41, 5.74) is 1.89. The molecule has 0 atom stereocenters. The Morgan fingerprint density at radius 3 is 2.56 bits per heavy atom. The van der Waals surface area contributed by atoms with Crippen LogP contribution in [0.3, 0.4) is 0 Å². The number of anilines is 2. The molecule has 1 aromatic carbocycles. The molecule has 0 aliphatic heterocycles. The molecule has 88 valence electrons. The van der Waals surface area contributed by atoms with E-state index in [0.29, 0.717) is 0 Å². The predicted octanol–water partition coefficient (Wildman–Crippen LogP) is 3.40. The minimum atomic E-state index is 0.776. The van der Waals surface area contributed by atoms with Crippen LogP contribution in [-0.2, 0) is 0 Å². The summed E-state index contributed by atoms with van der Waals surface area (Å²) in [7, 11) is 2.01. The van der Waals surface area contributed by atoms with E-state index in [-0.39, 0.29) is 0 Å². The van der Waals surface area contributed by atoms with Crippen LogP contribution >= 0.6 is 0 Å². The lowest BCUT2D eigenvalue weighted by atomic mass is 10.2. The topological polar surface area (TPSA) is 29.0 Å². The molecule has 0 spiro atoms. The van der Waals surface area contributed by atoms with Crippen molar-refractivity contribution in [3.63, 3.8) is 0 Å². The molecule has 18 heavy (non-hydrogen) atoms. The van der Waals surface area contributed by atoms with Crippen LogP contribution in [0.15, 0.2) is 60.8 Å². The van der Waals surface area contributed by atoms with Gasteiger partial charge in [0.1, 0.15) is 5.82 Å². The molecule has 0 fully saturated rings. The van der Waals surface area contributed by atoms with Crippen molar-refractivity contribution in [3.8, 4) is 0 Å². The lowest BCUT2D eigenvalue weighted by molar-refractivity contribution is 1.13. The molecule has 0 aliphatic carbocycles. The Bertz CT molecular complexity index is 665. The first-order valence-corrected chi connectivity index (χ1v) is 5.85. The molecule has 0 saturated carbocycles. The van der Waals surface area contributed by atoms with E-state index in [9.17, 15) is 0 Å². The summed E-state index contributed by atoms with van der Waals surface area (Å²) in [5.74, 6) is 0.896. The second kappa shape index (κ2) is 4.45. The summed E-state index contributed by atoms with van der Waals surface area (Å²) in [6.45, 7) is 0. The van der Waals surface area contributed by atoms with Gasteiger partial charge < -0.3 is 4.90 Å². The third-order valence-corrected chi connectivity index (χ3v) is 2.94. The largest absolute Gasteiger partial charge is 0.329 e. The van der Waals surface area contributed by atoms with Gasteiger partial charge in [-0.05, 0) is 36.4 Å². The molecule has 3 heteroatoms. The highest BCUT2D eigenvalue weighted by Gasteiger charge is 2.05. The van der Waals surface area contributed by atoms with Gasteiger partial charge in [0.05, 0.1) is 0 Å². The van der Waals surface area contributed by atoms with Gasteiger partial charge in [-0.15, -0.1) is 0 Å². The predicted molar refractivity (Wildman–Crippen MR) is 74.0 cm³/mol. The van der Waals surface area contributed by atoms with Gasteiger partial charge in [-0.1, -0.05) is 18.2 Å². The summed E-state index contributed by atoms with van der Waals surface area (Å²) in [4.78, 5) is 10.9. The minimum absolute atomic E-state index is 0.776. The van der Waals surface area contributed by atoms with Crippen molar-refractivity contribution in [3.05, 3.63) is 60.8 Å². The monoisotopic (exact) mass is 235 g/mol. The number of benzene rings is 1. The van der Waals surface area contributed by atoms with E-state index in [2.05, 4.69) is 22.1 Å². The van der Waals surface area contributed by atoms with Crippen LogP contribution in [-0.4, -0.2) is 17.0 Å². The van der Waals surface area contributed by atoms with Crippen LogP contribution in [0.2, 0.25) is 0 Å². The minimum Gasteiger partial charge on any atom is -0.329 e. The lowest BCUT2D eigenvalue weighted by Gasteiger charge is -2.18. The molecular formula is C15H13N3. The molecular weight excluding hydrogens is 222 g/mol. The normalized spacial score (nSPS) is 10.5. The highest BCUT2D eigenvalue weighted by Crippen LogP contribution is 2.22. The molecule has 0 bridgehead atoms. The van der Waals surface area contributed by atoms with E-state index in [1.165, 1.54) is 0 Å². The quantitative estimate of drug-likeness (QED) is 0.681. The number of hydrogen-bond acceptors (Lipinski definition) is 3. The van der Waals surface area contributed by atoms with E-state index in [4.69, 9.17) is 0 Å². The van der Waals surface area contributed by atoms with E-state index in [1.807, 2.05) is 54.4 Å². The zero-order valence-electron chi connectivity index (χ0n) is 10.1. The van der Waals surface area contributed by atoms with Crippen molar-refractivity contribution in [2.75, 3.05) is 11.9 Å². The standard InChI is InChI=1S/C15H13N3/c1-18(13-7-3-2-4-8-13)14-10-9-12-6-5-11-16-15(12)17-14/h2-11H,1H3. The third kappa shape index (κ3) is 1.91. The molecule has 3 nitrogen and oxygen atoms in total. The average molecular weight is 235 g/mol. The first kappa shape index (κ1) is 10.7. The second-order valence-electron chi connectivity index (χ2n) is 4.11. The summed E-state index contributed by atoms with van der Waals surface area (Å²) in [5, 5.41) is 1.06. The fourth-order valence-electron chi connectivity index (χ4n) is 1.91. The van der Waals surface area contributed by atoms with Crippen molar-refractivity contribution in [2.45, 2.75) is 0 Å². The number of fused-ring (bicyclic) bond motifs is 1. The lowest BCUT2D eigenvalue weighted by Crippen LogP contribution is -2.10. The Labute approximate surface area is 106 Å². The van der Waals surface area contributed by atoms with Gasteiger partial charge in [-0.3, -0.25) is 0 Å².